The average molecular weight is 289 g/mol. The summed E-state index contributed by atoms with van der Waals surface area (Å²) >= 11 is 1.78. The van der Waals surface area contributed by atoms with Gasteiger partial charge in [0.1, 0.15) is 5.82 Å². The summed E-state index contributed by atoms with van der Waals surface area (Å²) in [6.07, 6.45) is 4.81. The van der Waals surface area contributed by atoms with Crippen molar-refractivity contribution in [3.05, 3.63) is 30.1 Å². The molecule has 0 radical (unpaired) electrons. The average Bonchev–Trinajstić information content (AvgIpc) is 2.76. The first-order valence-electron chi connectivity index (χ1n) is 5.82. The van der Waals surface area contributed by atoms with E-state index in [-0.39, 0.29) is 10.9 Å². The monoisotopic (exact) mass is 289 g/mol. The summed E-state index contributed by atoms with van der Waals surface area (Å²) in [5, 5.41) is 0.533. The molecule has 0 amide bonds. The van der Waals surface area contributed by atoms with Gasteiger partial charge in [0.2, 0.25) is 10.0 Å². The van der Waals surface area contributed by atoms with Crippen LogP contribution < -0.4 is 4.72 Å². The van der Waals surface area contributed by atoms with Crippen LogP contribution in [0.3, 0.4) is 0 Å². The van der Waals surface area contributed by atoms with Gasteiger partial charge in [0.25, 0.3) is 0 Å². The Bertz CT molecular complexity index is 501. The first kappa shape index (κ1) is 13.8. The molecule has 1 aliphatic rings. The highest BCUT2D eigenvalue weighted by atomic mass is 32.2. The molecule has 2 unspecified atom stereocenters. The van der Waals surface area contributed by atoms with Gasteiger partial charge in [-0.3, -0.25) is 0 Å². The van der Waals surface area contributed by atoms with Crippen LogP contribution in [0.1, 0.15) is 19.3 Å². The number of hydrogen-bond donors (Lipinski definition) is 1. The van der Waals surface area contributed by atoms with E-state index in [1.807, 2.05) is 6.26 Å². The molecule has 2 atom stereocenters. The molecule has 0 saturated heterocycles. The Labute approximate surface area is 111 Å². The van der Waals surface area contributed by atoms with Crippen molar-refractivity contribution in [3.8, 4) is 0 Å². The molecular formula is C12H16FNO2S2. The molecule has 3 nitrogen and oxygen atoms in total. The van der Waals surface area contributed by atoms with E-state index in [0.717, 1.165) is 31.4 Å². The van der Waals surface area contributed by atoms with Crippen molar-refractivity contribution < 1.29 is 12.8 Å². The van der Waals surface area contributed by atoms with Crippen molar-refractivity contribution >= 4 is 21.8 Å². The second kappa shape index (κ2) is 5.59. The first-order valence-corrected chi connectivity index (χ1v) is 8.59. The predicted molar refractivity (Wildman–Crippen MR) is 71.7 cm³/mol. The predicted octanol–water partition coefficient (Wildman–Crippen LogP) is 2.39. The van der Waals surface area contributed by atoms with E-state index >= 15 is 0 Å². The van der Waals surface area contributed by atoms with Gasteiger partial charge in [-0.1, -0.05) is 0 Å². The summed E-state index contributed by atoms with van der Waals surface area (Å²) in [6, 6.07) is 4.90. The molecule has 1 aliphatic carbocycles. The lowest BCUT2D eigenvalue weighted by Gasteiger charge is -2.13. The number of sulfonamides is 1. The zero-order valence-corrected chi connectivity index (χ0v) is 11.7. The van der Waals surface area contributed by atoms with Gasteiger partial charge in [-0.05, 0) is 49.8 Å². The Hall–Kier alpha value is -0.590. The molecule has 6 heteroatoms. The van der Waals surface area contributed by atoms with Gasteiger partial charge in [0, 0.05) is 11.3 Å². The fraction of sp³-hybridized carbons (Fsp3) is 0.500. The molecule has 0 aromatic heterocycles. The second-order valence-corrected chi connectivity index (χ2v) is 7.29. The van der Waals surface area contributed by atoms with Crippen molar-refractivity contribution in [2.75, 3.05) is 6.26 Å². The highest BCUT2D eigenvalue weighted by Gasteiger charge is 2.28. The van der Waals surface area contributed by atoms with E-state index in [4.69, 9.17) is 0 Å². The first-order chi connectivity index (χ1) is 8.51. The van der Waals surface area contributed by atoms with Crippen LogP contribution in [0.25, 0.3) is 0 Å². The summed E-state index contributed by atoms with van der Waals surface area (Å²) in [6.45, 7) is 0. The van der Waals surface area contributed by atoms with Crippen molar-refractivity contribution in [2.45, 2.75) is 35.4 Å². The molecule has 0 bridgehead atoms. The molecule has 1 fully saturated rings. The van der Waals surface area contributed by atoms with Gasteiger partial charge >= 0.3 is 0 Å². The van der Waals surface area contributed by atoms with Crippen LogP contribution in [0.2, 0.25) is 0 Å². The quantitative estimate of drug-likeness (QED) is 0.925. The van der Waals surface area contributed by atoms with Crippen LogP contribution in [-0.4, -0.2) is 26.0 Å². The lowest BCUT2D eigenvalue weighted by Crippen LogP contribution is -2.33. The molecule has 1 N–H and O–H groups in total. The highest BCUT2D eigenvalue weighted by molar-refractivity contribution is 7.99. The third kappa shape index (κ3) is 3.24. The topological polar surface area (TPSA) is 46.2 Å². The molecule has 0 heterocycles. The minimum absolute atomic E-state index is 0.00231. The Morgan fingerprint density at radius 2 is 1.94 bits per heavy atom. The van der Waals surface area contributed by atoms with Gasteiger partial charge in [0.15, 0.2) is 0 Å². The Balaban J connectivity index is 2.06. The molecule has 1 saturated carbocycles. The molecule has 0 aliphatic heterocycles. The SMILES string of the molecule is CSC1CCC(NS(=O)(=O)c2ccc(F)cc2)C1. The van der Waals surface area contributed by atoms with Crippen molar-refractivity contribution in [2.24, 2.45) is 0 Å². The van der Waals surface area contributed by atoms with Crippen LogP contribution in [0, 0.1) is 5.82 Å². The third-order valence-corrected chi connectivity index (χ3v) is 5.79. The standard InChI is InChI=1S/C12H16FNO2S2/c1-17-11-5-4-10(8-11)14-18(15,16)12-6-2-9(13)3-7-12/h2-3,6-7,10-11,14H,4-5,8H2,1H3. The molecule has 1 aromatic carbocycles. The van der Waals surface area contributed by atoms with E-state index in [1.54, 1.807) is 11.8 Å². The highest BCUT2D eigenvalue weighted by Crippen LogP contribution is 2.29. The summed E-state index contributed by atoms with van der Waals surface area (Å²) in [4.78, 5) is 0.122. The lowest BCUT2D eigenvalue weighted by molar-refractivity contribution is 0.552. The fourth-order valence-electron chi connectivity index (χ4n) is 2.16. The normalized spacial score (nSPS) is 24.3. The summed E-state index contributed by atoms with van der Waals surface area (Å²) in [5.74, 6) is -0.433. The molecule has 0 spiro atoms. The molecule has 2 rings (SSSR count). The second-order valence-electron chi connectivity index (χ2n) is 4.44. The molecule has 18 heavy (non-hydrogen) atoms. The number of thioether (sulfide) groups is 1. The van der Waals surface area contributed by atoms with Crippen molar-refractivity contribution in [1.82, 2.24) is 4.72 Å². The Morgan fingerprint density at radius 3 is 2.50 bits per heavy atom. The Kier molecular flexibility index (Phi) is 4.29. The molecule has 1 aromatic rings. The van der Waals surface area contributed by atoms with Crippen LogP contribution >= 0.6 is 11.8 Å². The van der Waals surface area contributed by atoms with E-state index in [9.17, 15) is 12.8 Å². The molecule has 100 valence electrons. The Morgan fingerprint density at radius 1 is 1.28 bits per heavy atom. The van der Waals surface area contributed by atoms with Gasteiger partial charge in [-0.25, -0.2) is 17.5 Å². The maximum Gasteiger partial charge on any atom is 0.240 e. The number of nitrogens with one attached hydrogen (secondary N) is 1. The van der Waals surface area contributed by atoms with E-state index < -0.39 is 15.8 Å². The van der Waals surface area contributed by atoms with E-state index in [0.29, 0.717) is 5.25 Å². The summed E-state index contributed by atoms with van der Waals surface area (Å²) < 4.78 is 39.6. The number of halogens is 1. The van der Waals surface area contributed by atoms with Crippen LogP contribution in [0.15, 0.2) is 29.2 Å². The fourth-order valence-corrected chi connectivity index (χ4v) is 4.24. The third-order valence-electron chi connectivity index (χ3n) is 3.16. The van der Waals surface area contributed by atoms with Gasteiger partial charge in [0.05, 0.1) is 4.90 Å². The number of hydrogen-bond acceptors (Lipinski definition) is 3. The smallest absolute Gasteiger partial charge is 0.208 e. The van der Waals surface area contributed by atoms with Crippen molar-refractivity contribution in [1.29, 1.82) is 0 Å². The lowest BCUT2D eigenvalue weighted by atomic mass is 10.3. The van der Waals surface area contributed by atoms with E-state index in [2.05, 4.69) is 4.72 Å². The van der Waals surface area contributed by atoms with Crippen LogP contribution in [0.4, 0.5) is 4.39 Å². The zero-order chi connectivity index (χ0) is 13.2. The van der Waals surface area contributed by atoms with Crippen LogP contribution in [0.5, 0.6) is 0 Å². The van der Waals surface area contributed by atoms with Gasteiger partial charge < -0.3 is 0 Å². The number of benzene rings is 1. The van der Waals surface area contributed by atoms with Gasteiger partial charge in [-0.15, -0.1) is 0 Å². The number of rotatable bonds is 4. The minimum Gasteiger partial charge on any atom is -0.208 e. The summed E-state index contributed by atoms with van der Waals surface area (Å²) in [7, 11) is -3.52. The minimum atomic E-state index is -3.52. The largest absolute Gasteiger partial charge is 0.240 e. The van der Waals surface area contributed by atoms with E-state index in [1.165, 1.54) is 12.1 Å². The zero-order valence-electron chi connectivity index (χ0n) is 10.1. The maximum absolute atomic E-state index is 12.8. The maximum atomic E-state index is 12.8. The summed E-state index contributed by atoms with van der Waals surface area (Å²) in [5.41, 5.74) is 0. The van der Waals surface area contributed by atoms with Gasteiger partial charge in [-0.2, -0.15) is 11.8 Å². The van der Waals surface area contributed by atoms with Crippen molar-refractivity contribution in [3.63, 3.8) is 0 Å². The molecular weight excluding hydrogens is 273 g/mol. The van der Waals surface area contributed by atoms with Crippen LogP contribution in [-0.2, 0) is 10.0 Å².